The van der Waals surface area contributed by atoms with Gasteiger partial charge in [-0.15, -0.1) is 11.8 Å². The van der Waals surface area contributed by atoms with Crippen LogP contribution in [-0.4, -0.2) is 51.3 Å². The maximum absolute atomic E-state index is 12.0. The number of anilines is 1. The van der Waals surface area contributed by atoms with Crippen LogP contribution in [0.3, 0.4) is 0 Å². The van der Waals surface area contributed by atoms with Crippen LogP contribution in [0.4, 0.5) is 5.69 Å². The molecule has 1 heterocycles. The normalized spacial score (nSPS) is 20.3. The predicted octanol–water partition coefficient (Wildman–Crippen LogP) is 5.38. The van der Waals surface area contributed by atoms with Gasteiger partial charge in [-0.1, -0.05) is 30.8 Å². The maximum atomic E-state index is 12.0. The summed E-state index contributed by atoms with van der Waals surface area (Å²) in [6.07, 6.45) is 0. The highest BCUT2D eigenvalue weighted by molar-refractivity contribution is 7.99. The number of para-hydroxylation sites is 1. The molecule has 5 nitrogen and oxygen atoms in total. The van der Waals surface area contributed by atoms with Crippen LogP contribution in [0.25, 0.3) is 0 Å². The number of nitrogens with zero attached hydrogens (tertiary/aromatic N) is 2. The molecule has 6 heteroatoms. The van der Waals surface area contributed by atoms with E-state index in [2.05, 4.69) is 30.5 Å². The number of ether oxygens (including phenoxy) is 2. The quantitative estimate of drug-likeness (QED) is 0.592. The van der Waals surface area contributed by atoms with Crippen molar-refractivity contribution < 1.29 is 14.3 Å². The number of benzene rings is 2. The van der Waals surface area contributed by atoms with Gasteiger partial charge < -0.3 is 19.3 Å². The van der Waals surface area contributed by atoms with Gasteiger partial charge in [0.15, 0.2) is 5.60 Å². The molecule has 0 fully saturated rings. The molecule has 0 bridgehead atoms. The topological polar surface area (TPSA) is 42.0 Å². The van der Waals surface area contributed by atoms with E-state index in [1.165, 1.54) is 6.92 Å². The Morgan fingerprint density at radius 2 is 1.74 bits per heavy atom. The van der Waals surface area contributed by atoms with Crippen LogP contribution >= 0.6 is 11.8 Å². The lowest BCUT2D eigenvalue weighted by atomic mass is 9.91. The van der Waals surface area contributed by atoms with Gasteiger partial charge in [-0.3, -0.25) is 4.79 Å². The van der Waals surface area contributed by atoms with Gasteiger partial charge in [0.1, 0.15) is 5.75 Å². The molecule has 0 aromatic heterocycles. The first-order valence-electron chi connectivity index (χ1n) is 10.3. The molecule has 168 valence electrons. The number of carbonyl (C=O) groups excluding carboxylic acids is 1. The average Bonchev–Trinajstić information content (AvgIpc) is 2.80. The summed E-state index contributed by atoms with van der Waals surface area (Å²) in [6, 6.07) is 16.1. The zero-order valence-corrected chi connectivity index (χ0v) is 20.5. The first kappa shape index (κ1) is 24.8. The maximum Gasteiger partial charge on any atom is 0.303 e. The third-order valence-electron chi connectivity index (χ3n) is 4.89. The van der Waals surface area contributed by atoms with E-state index in [1.54, 1.807) is 18.9 Å². The van der Waals surface area contributed by atoms with E-state index >= 15 is 0 Å². The molecule has 2 atom stereocenters. The predicted molar refractivity (Wildman–Crippen MR) is 130 cm³/mol. The molecule has 0 spiro atoms. The van der Waals surface area contributed by atoms with Crippen molar-refractivity contribution in [2.24, 2.45) is 0 Å². The second-order valence-electron chi connectivity index (χ2n) is 7.97. The first-order valence-corrected chi connectivity index (χ1v) is 11.2. The van der Waals surface area contributed by atoms with Gasteiger partial charge in [0.05, 0.1) is 23.7 Å². The van der Waals surface area contributed by atoms with Crippen molar-refractivity contribution in [2.75, 3.05) is 39.7 Å². The summed E-state index contributed by atoms with van der Waals surface area (Å²) in [5.74, 6) is 0.473. The van der Waals surface area contributed by atoms with Crippen molar-refractivity contribution in [1.29, 1.82) is 0 Å². The minimum Gasteiger partial charge on any atom is -0.497 e. The Morgan fingerprint density at radius 1 is 1.16 bits per heavy atom. The van der Waals surface area contributed by atoms with Crippen LogP contribution in [-0.2, 0) is 9.53 Å². The summed E-state index contributed by atoms with van der Waals surface area (Å²) in [6.45, 7) is 10.6. The molecule has 0 saturated heterocycles. The van der Waals surface area contributed by atoms with E-state index in [9.17, 15) is 4.79 Å². The van der Waals surface area contributed by atoms with Gasteiger partial charge in [0.25, 0.3) is 0 Å². The van der Waals surface area contributed by atoms with E-state index in [1.807, 2.05) is 69.4 Å². The Morgan fingerprint density at radius 3 is 2.26 bits per heavy atom. The summed E-state index contributed by atoms with van der Waals surface area (Å²) < 4.78 is 11.2. The molecule has 2 aromatic rings. The number of esters is 1. The lowest BCUT2D eigenvalue weighted by Crippen LogP contribution is -2.44. The van der Waals surface area contributed by atoms with E-state index in [-0.39, 0.29) is 11.2 Å². The molecule has 0 aliphatic carbocycles. The number of fused-ring (bicyclic) bond motifs is 1. The number of carbonyl (C=O) groups is 1. The average molecular weight is 443 g/mol. The third-order valence-corrected chi connectivity index (χ3v) is 6.45. The van der Waals surface area contributed by atoms with Gasteiger partial charge in [0.2, 0.25) is 0 Å². The second kappa shape index (κ2) is 10.7. The monoisotopic (exact) mass is 442 g/mol. The number of likely N-dealkylation sites (N-methyl/N-ethyl adjacent to an activating group) is 1. The Hall–Kier alpha value is -2.44. The number of rotatable bonds is 4. The summed E-state index contributed by atoms with van der Waals surface area (Å²) in [5, 5.41) is -0.141. The van der Waals surface area contributed by atoms with Crippen LogP contribution in [0.15, 0.2) is 65.7 Å². The Bertz CT molecular complexity index is 895. The fourth-order valence-corrected chi connectivity index (χ4v) is 4.93. The molecular formula is C25H34N2O3S. The third kappa shape index (κ3) is 5.83. The van der Waals surface area contributed by atoms with Gasteiger partial charge in [-0.25, -0.2) is 0 Å². The van der Waals surface area contributed by atoms with E-state index < -0.39 is 5.60 Å². The molecule has 0 radical (unpaired) electrons. The highest BCUT2D eigenvalue weighted by Crippen LogP contribution is 2.54. The first-order chi connectivity index (χ1) is 14.6. The van der Waals surface area contributed by atoms with Crippen molar-refractivity contribution in [3.05, 3.63) is 66.4 Å². The van der Waals surface area contributed by atoms with Crippen LogP contribution in [0.1, 0.15) is 31.6 Å². The molecular weight excluding hydrogens is 408 g/mol. The minimum atomic E-state index is -0.889. The van der Waals surface area contributed by atoms with E-state index in [0.717, 1.165) is 34.1 Å². The summed E-state index contributed by atoms with van der Waals surface area (Å²) in [5.41, 5.74) is 2.03. The van der Waals surface area contributed by atoms with Gasteiger partial charge in [-0.05, 0) is 64.8 Å². The standard InChI is InChI=1S/C22H25NO3S.C3H9N/c1-6-23-15(2)22(4,26-16(3)24)21(17-11-13-18(25-5)14-12-17)27-20-10-8-7-9-19(20)23;1-4(2)3/h7-14,21H,2,6H2,1,3-5H3;1-3H3. The largest absolute Gasteiger partial charge is 0.497 e. The molecule has 3 rings (SSSR count). The van der Waals surface area contributed by atoms with E-state index in [0.29, 0.717) is 0 Å². The zero-order chi connectivity index (χ0) is 23.2. The fraction of sp³-hybridized carbons (Fsp3) is 0.400. The summed E-state index contributed by atoms with van der Waals surface area (Å²) in [7, 11) is 7.65. The molecule has 1 aliphatic heterocycles. The van der Waals surface area contributed by atoms with Crippen molar-refractivity contribution in [2.45, 2.75) is 36.5 Å². The highest BCUT2D eigenvalue weighted by Gasteiger charge is 2.46. The number of thioether (sulfide) groups is 1. The lowest BCUT2D eigenvalue weighted by molar-refractivity contribution is -0.152. The Balaban J connectivity index is 0.000000785. The zero-order valence-electron chi connectivity index (χ0n) is 19.6. The molecule has 0 saturated carbocycles. The molecule has 31 heavy (non-hydrogen) atoms. The van der Waals surface area contributed by atoms with Crippen molar-refractivity contribution in [3.63, 3.8) is 0 Å². The fourth-order valence-electron chi connectivity index (χ4n) is 3.52. The van der Waals surface area contributed by atoms with Crippen molar-refractivity contribution in [3.8, 4) is 5.75 Å². The van der Waals surface area contributed by atoms with Gasteiger partial charge >= 0.3 is 5.97 Å². The number of hydrogen-bond acceptors (Lipinski definition) is 6. The minimum absolute atomic E-state index is 0.141. The molecule has 0 amide bonds. The Labute approximate surface area is 191 Å². The smallest absolute Gasteiger partial charge is 0.303 e. The van der Waals surface area contributed by atoms with Crippen LogP contribution < -0.4 is 9.64 Å². The molecule has 1 aliphatic rings. The summed E-state index contributed by atoms with van der Waals surface area (Å²) >= 11 is 1.70. The van der Waals surface area contributed by atoms with Crippen LogP contribution in [0.5, 0.6) is 5.75 Å². The summed E-state index contributed by atoms with van der Waals surface area (Å²) in [4.78, 5) is 17.3. The molecule has 0 N–H and O–H groups in total. The van der Waals surface area contributed by atoms with Crippen LogP contribution in [0, 0.1) is 0 Å². The number of methoxy groups -OCH3 is 1. The van der Waals surface area contributed by atoms with Crippen molar-refractivity contribution in [1.82, 2.24) is 4.90 Å². The second-order valence-corrected chi connectivity index (χ2v) is 9.12. The molecule has 2 aromatic carbocycles. The van der Waals surface area contributed by atoms with Gasteiger partial charge in [0, 0.05) is 18.4 Å². The number of hydrogen-bond donors (Lipinski definition) is 0. The lowest BCUT2D eigenvalue weighted by Gasteiger charge is -2.40. The highest BCUT2D eigenvalue weighted by atomic mass is 32.2. The van der Waals surface area contributed by atoms with E-state index in [4.69, 9.17) is 9.47 Å². The van der Waals surface area contributed by atoms with Gasteiger partial charge in [-0.2, -0.15) is 0 Å². The molecule has 2 unspecified atom stereocenters. The van der Waals surface area contributed by atoms with Crippen molar-refractivity contribution >= 4 is 23.4 Å². The van der Waals surface area contributed by atoms with Crippen LogP contribution in [0.2, 0.25) is 0 Å². The SMILES string of the molecule is C=C1N(CC)c2ccccc2SC(c2ccc(OC)cc2)C1(C)OC(C)=O.CN(C)C. The Kier molecular flexibility index (Phi) is 8.60.